The van der Waals surface area contributed by atoms with Gasteiger partial charge in [0.05, 0.1) is 5.02 Å². The van der Waals surface area contributed by atoms with Gasteiger partial charge in [-0.1, -0.05) is 37.6 Å². The van der Waals surface area contributed by atoms with Crippen molar-refractivity contribution in [1.29, 1.82) is 0 Å². The molecule has 1 aromatic rings. The molecule has 0 unspecified atom stereocenters. The number of rotatable bonds is 6. The predicted molar refractivity (Wildman–Crippen MR) is 72.7 cm³/mol. The van der Waals surface area contributed by atoms with Crippen molar-refractivity contribution in [3.8, 4) is 0 Å². The van der Waals surface area contributed by atoms with Crippen molar-refractivity contribution in [1.82, 2.24) is 4.31 Å². The van der Waals surface area contributed by atoms with Gasteiger partial charge in [0, 0.05) is 6.54 Å². The Morgan fingerprint density at radius 2 is 1.95 bits per heavy atom. The first-order valence-corrected chi connectivity index (χ1v) is 7.53. The molecule has 0 saturated carbocycles. The number of benzene rings is 1. The number of carbonyl (C=O) groups is 1. The summed E-state index contributed by atoms with van der Waals surface area (Å²) in [6.45, 7) is 3.18. The van der Waals surface area contributed by atoms with E-state index >= 15 is 0 Å². The molecule has 0 aromatic heterocycles. The highest BCUT2D eigenvalue weighted by Crippen LogP contribution is 2.24. The number of halogens is 1. The first-order chi connectivity index (χ1) is 8.75. The van der Waals surface area contributed by atoms with Crippen molar-refractivity contribution in [3.63, 3.8) is 0 Å². The third kappa shape index (κ3) is 4.19. The molecule has 0 atom stereocenters. The first kappa shape index (κ1) is 15.9. The van der Waals surface area contributed by atoms with Crippen LogP contribution >= 0.6 is 11.6 Å². The zero-order valence-corrected chi connectivity index (χ0v) is 12.3. The summed E-state index contributed by atoms with van der Waals surface area (Å²) in [6.07, 6.45) is 0. The Kier molecular flexibility index (Phi) is 5.34. The Hall–Kier alpha value is -1.11. The smallest absolute Gasteiger partial charge is 0.318 e. The minimum Gasteiger partial charge on any atom is -0.480 e. The molecule has 0 aliphatic rings. The molecule has 0 amide bonds. The van der Waals surface area contributed by atoms with Gasteiger partial charge in [0.1, 0.15) is 11.4 Å². The van der Waals surface area contributed by atoms with Gasteiger partial charge in [0.25, 0.3) is 0 Å². The first-order valence-electron chi connectivity index (χ1n) is 5.71. The molecule has 7 heteroatoms. The van der Waals surface area contributed by atoms with Gasteiger partial charge in [-0.05, 0) is 18.1 Å². The second-order valence-electron chi connectivity index (χ2n) is 4.52. The number of carboxylic acids is 1. The Balaban J connectivity index is 3.19. The van der Waals surface area contributed by atoms with Gasteiger partial charge >= 0.3 is 5.97 Å². The van der Waals surface area contributed by atoms with Gasteiger partial charge in [-0.15, -0.1) is 0 Å². The lowest BCUT2D eigenvalue weighted by molar-refractivity contribution is -0.137. The lowest BCUT2D eigenvalue weighted by Crippen LogP contribution is -2.38. The highest BCUT2D eigenvalue weighted by molar-refractivity contribution is 7.89. The SMILES string of the molecule is CC(C)CN(CC(=O)O)S(=O)(=O)c1ccccc1Cl. The summed E-state index contributed by atoms with van der Waals surface area (Å²) < 4.78 is 25.7. The molecule has 1 aromatic carbocycles. The average molecular weight is 306 g/mol. The predicted octanol–water partition coefficient (Wildman–Crippen LogP) is 2.07. The highest BCUT2D eigenvalue weighted by Gasteiger charge is 2.28. The average Bonchev–Trinajstić information content (AvgIpc) is 2.27. The number of hydrogen-bond acceptors (Lipinski definition) is 3. The molecule has 0 aliphatic carbocycles. The molecule has 106 valence electrons. The maximum absolute atomic E-state index is 12.4. The van der Waals surface area contributed by atoms with Crippen LogP contribution in [0.1, 0.15) is 13.8 Å². The van der Waals surface area contributed by atoms with Gasteiger partial charge in [0.15, 0.2) is 0 Å². The van der Waals surface area contributed by atoms with Crippen LogP contribution < -0.4 is 0 Å². The Morgan fingerprint density at radius 1 is 1.37 bits per heavy atom. The normalized spacial score (nSPS) is 12.1. The van der Waals surface area contributed by atoms with E-state index in [1.165, 1.54) is 12.1 Å². The zero-order valence-electron chi connectivity index (χ0n) is 10.7. The largest absolute Gasteiger partial charge is 0.480 e. The summed E-state index contributed by atoms with van der Waals surface area (Å²) in [6, 6.07) is 5.99. The molecule has 1 N–H and O–H groups in total. The van der Waals surface area contributed by atoms with Crippen molar-refractivity contribution < 1.29 is 18.3 Å². The molecule has 0 bridgehead atoms. The molecular weight excluding hydrogens is 290 g/mol. The molecule has 19 heavy (non-hydrogen) atoms. The van der Waals surface area contributed by atoms with Gasteiger partial charge < -0.3 is 5.11 Å². The zero-order chi connectivity index (χ0) is 14.6. The quantitative estimate of drug-likeness (QED) is 0.873. The minimum absolute atomic E-state index is 0.0108. The lowest BCUT2D eigenvalue weighted by atomic mass is 10.2. The van der Waals surface area contributed by atoms with E-state index in [9.17, 15) is 13.2 Å². The van der Waals surface area contributed by atoms with Crippen LogP contribution in [0, 0.1) is 5.92 Å². The Morgan fingerprint density at radius 3 is 2.42 bits per heavy atom. The maximum Gasteiger partial charge on any atom is 0.318 e. The molecule has 1 rings (SSSR count). The van der Waals surface area contributed by atoms with E-state index < -0.39 is 22.5 Å². The van der Waals surface area contributed by atoms with Crippen LogP contribution in [0.2, 0.25) is 5.02 Å². The molecule has 0 heterocycles. The van der Waals surface area contributed by atoms with E-state index in [0.29, 0.717) is 0 Å². The van der Waals surface area contributed by atoms with Gasteiger partial charge in [0.2, 0.25) is 10.0 Å². The van der Waals surface area contributed by atoms with E-state index in [2.05, 4.69) is 0 Å². The number of aliphatic carboxylic acids is 1. The molecule has 0 fully saturated rings. The Bertz CT molecular complexity index is 557. The van der Waals surface area contributed by atoms with Crippen LogP contribution in [-0.4, -0.2) is 36.9 Å². The monoisotopic (exact) mass is 305 g/mol. The van der Waals surface area contributed by atoms with E-state index in [1.54, 1.807) is 12.1 Å². The van der Waals surface area contributed by atoms with Gasteiger partial charge in [-0.2, -0.15) is 4.31 Å². The van der Waals surface area contributed by atoms with Gasteiger partial charge in [-0.25, -0.2) is 8.42 Å². The van der Waals surface area contributed by atoms with Crippen molar-refractivity contribution in [2.45, 2.75) is 18.7 Å². The van der Waals surface area contributed by atoms with Crippen LogP contribution in [0.15, 0.2) is 29.2 Å². The third-order valence-corrected chi connectivity index (χ3v) is 4.65. The molecule has 0 saturated heterocycles. The maximum atomic E-state index is 12.4. The van der Waals surface area contributed by atoms with Gasteiger partial charge in [-0.3, -0.25) is 4.79 Å². The highest BCUT2D eigenvalue weighted by atomic mass is 35.5. The van der Waals surface area contributed by atoms with Crippen LogP contribution in [-0.2, 0) is 14.8 Å². The summed E-state index contributed by atoms with van der Waals surface area (Å²) in [5.74, 6) is -1.19. The lowest BCUT2D eigenvalue weighted by Gasteiger charge is -2.22. The number of nitrogens with zero attached hydrogens (tertiary/aromatic N) is 1. The standard InChI is InChI=1S/C12H16ClNO4S/c1-9(2)7-14(8-12(15)16)19(17,18)11-6-4-3-5-10(11)13/h3-6,9H,7-8H2,1-2H3,(H,15,16). The topological polar surface area (TPSA) is 74.7 Å². The van der Waals surface area contributed by atoms with Crippen molar-refractivity contribution in [2.75, 3.05) is 13.1 Å². The third-order valence-electron chi connectivity index (χ3n) is 2.33. The molecular formula is C12H16ClNO4S. The second kappa shape index (κ2) is 6.36. The molecule has 0 spiro atoms. The fourth-order valence-corrected chi connectivity index (χ4v) is 3.64. The summed E-state index contributed by atoms with van der Waals surface area (Å²) in [7, 11) is -3.90. The number of hydrogen-bond donors (Lipinski definition) is 1. The summed E-state index contributed by atoms with van der Waals surface area (Å²) in [4.78, 5) is 10.7. The summed E-state index contributed by atoms with van der Waals surface area (Å²) >= 11 is 5.87. The molecule has 0 aliphatic heterocycles. The van der Waals surface area contributed by atoms with E-state index in [4.69, 9.17) is 16.7 Å². The molecule has 5 nitrogen and oxygen atoms in total. The fourth-order valence-electron chi connectivity index (χ4n) is 1.60. The van der Waals surface area contributed by atoms with Crippen LogP contribution in [0.3, 0.4) is 0 Å². The fraction of sp³-hybridized carbons (Fsp3) is 0.417. The van der Waals surface area contributed by atoms with Crippen molar-refractivity contribution in [2.24, 2.45) is 5.92 Å². The van der Waals surface area contributed by atoms with Crippen LogP contribution in [0.4, 0.5) is 0 Å². The molecule has 0 radical (unpaired) electrons. The summed E-state index contributed by atoms with van der Waals surface area (Å²) in [5, 5.41) is 8.92. The van der Waals surface area contributed by atoms with E-state index in [0.717, 1.165) is 4.31 Å². The summed E-state index contributed by atoms with van der Waals surface area (Å²) in [5.41, 5.74) is 0. The Labute approximate surface area is 117 Å². The minimum atomic E-state index is -3.90. The number of sulfonamides is 1. The van der Waals surface area contributed by atoms with Crippen molar-refractivity contribution >= 4 is 27.6 Å². The van der Waals surface area contributed by atoms with Crippen LogP contribution in [0.25, 0.3) is 0 Å². The second-order valence-corrected chi connectivity index (χ2v) is 6.83. The number of carboxylic acid groups (broad SMARTS) is 1. The van der Waals surface area contributed by atoms with E-state index in [-0.39, 0.29) is 22.4 Å². The van der Waals surface area contributed by atoms with Crippen LogP contribution in [0.5, 0.6) is 0 Å². The van der Waals surface area contributed by atoms with Crippen molar-refractivity contribution in [3.05, 3.63) is 29.3 Å². The van der Waals surface area contributed by atoms with E-state index in [1.807, 2.05) is 13.8 Å².